The molecule has 0 saturated heterocycles. The number of carbonyl (C=O) groups excluding carboxylic acids is 1. The van der Waals surface area contributed by atoms with E-state index in [0.29, 0.717) is 28.9 Å². The van der Waals surface area contributed by atoms with Crippen LogP contribution in [-0.2, 0) is 7.05 Å². The van der Waals surface area contributed by atoms with E-state index in [0.717, 1.165) is 27.9 Å². The maximum atomic E-state index is 13.5. The molecule has 1 aliphatic rings. The second-order valence-electron chi connectivity index (χ2n) is 8.26. The van der Waals surface area contributed by atoms with Crippen molar-refractivity contribution in [2.24, 2.45) is 7.05 Å². The molecule has 6 rings (SSSR count). The van der Waals surface area contributed by atoms with Crippen LogP contribution in [-0.4, -0.2) is 37.9 Å². The van der Waals surface area contributed by atoms with Gasteiger partial charge in [0.15, 0.2) is 34.4 Å². The predicted molar refractivity (Wildman–Crippen MR) is 135 cm³/mol. The summed E-state index contributed by atoms with van der Waals surface area (Å²) in [5.74, 6) is 2.33. The maximum Gasteiger partial charge on any atom is 0.192 e. The highest BCUT2D eigenvalue weighted by molar-refractivity contribution is 7.99. The monoisotopic (exact) mass is 482 g/mol. The van der Waals surface area contributed by atoms with Gasteiger partial charge in [-0.2, -0.15) is 0 Å². The lowest BCUT2D eigenvalue weighted by Crippen LogP contribution is -2.24. The Balaban J connectivity index is 1.24. The van der Waals surface area contributed by atoms with Gasteiger partial charge < -0.3 is 19.0 Å². The minimum Gasteiger partial charge on any atom is -0.485 e. The van der Waals surface area contributed by atoms with Crippen LogP contribution in [0.4, 0.5) is 0 Å². The summed E-state index contributed by atoms with van der Waals surface area (Å²) in [7, 11) is 1.88. The van der Waals surface area contributed by atoms with Crippen molar-refractivity contribution < 1.29 is 14.3 Å². The molecule has 0 radical (unpaired) electrons. The largest absolute Gasteiger partial charge is 0.485 e. The number of H-pyrrole nitrogens is 1. The third kappa shape index (κ3) is 3.95. The Bertz CT molecular complexity index is 1530. The van der Waals surface area contributed by atoms with E-state index in [2.05, 4.69) is 15.2 Å². The molecule has 1 atom stereocenters. The topological polar surface area (TPSA) is 82.0 Å². The van der Waals surface area contributed by atoms with Gasteiger partial charge in [0.2, 0.25) is 0 Å². The molecule has 1 N–H and O–H groups in total. The lowest BCUT2D eigenvalue weighted by Gasteiger charge is -2.25. The highest BCUT2D eigenvalue weighted by atomic mass is 32.2. The number of nitrogens with zero attached hydrogens (tertiary/aromatic N) is 3. The van der Waals surface area contributed by atoms with Gasteiger partial charge >= 0.3 is 0 Å². The molecule has 8 heteroatoms. The Hall–Kier alpha value is -4.04. The number of hydrogen-bond donors (Lipinski definition) is 1. The molecule has 0 saturated carbocycles. The summed E-state index contributed by atoms with van der Waals surface area (Å²) in [5, 5.41) is 10.2. The molecule has 7 nitrogen and oxygen atoms in total. The number of ether oxygens (including phenoxy) is 2. The van der Waals surface area contributed by atoms with Gasteiger partial charge in [-0.15, -0.1) is 10.2 Å². The van der Waals surface area contributed by atoms with E-state index in [9.17, 15) is 4.79 Å². The Kier molecular flexibility index (Phi) is 5.50. The van der Waals surface area contributed by atoms with E-state index >= 15 is 0 Å². The third-order valence-corrected chi connectivity index (χ3v) is 7.07. The van der Waals surface area contributed by atoms with Crippen molar-refractivity contribution in [3.63, 3.8) is 0 Å². The van der Waals surface area contributed by atoms with Crippen molar-refractivity contribution in [2.75, 3.05) is 12.4 Å². The summed E-state index contributed by atoms with van der Waals surface area (Å²) in [6, 6.07) is 25.4. The van der Waals surface area contributed by atoms with Crippen molar-refractivity contribution in [3.05, 3.63) is 90.3 Å². The Morgan fingerprint density at radius 1 is 1.00 bits per heavy atom. The van der Waals surface area contributed by atoms with Crippen LogP contribution < -0.4 is 9.47 Å². The molecule has 174 valence electrons. The molecule has 3 aromatic carbocycles. The first-order valence-corrected chi connectivity index (χ1v) is 12.3. The van der Waals surface area contributed by atoms with E-state index in [1.165, 1.54) is 11.8 Å². The number of fused-ring (bicyclic) bond motifs is 2. The molecule has 0 spiro atoms. The van der Waals surface area contributed by atoms with Crippen molar-refractivity contribution >= 4 is 28.4 Å². The highest BCUT2D eigenvalue weighted by Crippen LogP contribution is 2.36. The van der Waals surface area contributed by atoms with Crippen LogP contribution in [0.2, 0.25) is 0 Å². The third-order valence-electron chi connectivity index (χ3n) is 6.04. The van der Waals surface area contributed by atoms with Crippen LogP contribution in [0.25, 0.3) is 22.2 Å². The molecule has 5 aromatic rings. The van der Waals surface area contributed by atoms with Crippen LogP contribution >= 0.6 is 11.8 Å². The zero-order valence-corrected chi connectivity index (χ0v) is 19.8. The van der Waals surface area contributed by atoms with E-state index in [1.807, 2.05) is 90.5 Å². The first-order valence-electron chi connectivity index (χ1n) is 11.3. The molecular formula is C27H22N4O3S. The zero-order valence-electron chi connectivity index (χ0n) is 19.0. The number of Topliss-reactive ketones (excluding diaryl/α,β-unsaturated/α-hetero) is 1. The van der Waals surface area contributed by atoms with Crippen molar-refractivity contribution in [3.8, 4) is 22.8 Å². The number of para-hydroxylation sites is 3. The first kappa shape index (κ1) is 21.5. The van der Waals surface area contributed by atoms with Gasteiger partial charge in [0.1, 0.15) is 6.61 Å². The van der Waals surface area contributed by atoms with Gasteiger partial charge in [-0.25, -0.2) is 0 Å². The van der Waals surface area contributed by atoms with E-state index in [4.69, 9.17) is 9.47 Å². The summed E-state index contributed by atoms with van der Waals surface area (Å²) in [4.78, 5) is 16.9. The molecule has 2 aromatic heterocycles. The van der Waals surface area contributed by atoms with Crippen LogP contribution in [0.15, 0.2) is 84.0 Å². The molecular weight excluding hydrogens is 460 g/mol. The molecule has 0 fully saturated rings. The minimum absolute atomic E-state index is 0.0297. The molecule has 1 unspecified atom stereocenters. The van der Waals surface area contributed by atoms with E-state index in [1.54, 1.807) is 0 Å². The van der Waals surface area contributed by atoms with E-state index < -0.39 is 0 Å². The van der Waals surface area contributed by atoms with Crippen LogP contribution in [0.5, 0.6) is 11.5 Å². The van der Waals surface area contributed by atoms with Crippen LogP contribution in [0.1, 0.15) is 22.3 Å². The van der Waals surface area contributed by atoms with E-state index in [-0.39, 0.29) is 17.6 Å². The summed E-state index contributed by atoms with van der Waals surface area (Å²) < 4.78 is 13.8. The second-order valence-corrected chi connectivity index (χ2v) is 9.20. The fraction of sp³-hybridized carbons (Fsp3) is 0.148. The van der Waals surface area contributed by atoms with Crippen molar-refractivity contribution in [2.45, 2.75) is 11.3 Å². The van der Waals surface area contributed by atoms with Gasteiger partial charge in [0, 0.05) is 18.0 Å². The molecule has 0 bridgehead atoms. The zero-order chi connectivity index (χ0) is 23.8. The summed E-state index contributed by atoms with van der Waals surface area (Å²) >= 11 is 1.37. The fourth-order valence-electron chi connectivity index (χ4n) is 4.33. The van der Waals surface area contributed by atoms with Gasteiger partial charge in [-0.3, -0.25) is 4.79 Å². The number of hydrogen-bond acceptors (Lipinski definition) is 6. The number of aromatic nitrogens is 4. The number of nitrogens with one attached hydrogen (secondary N) is 1. The average Bonchev–Trinajstić information content (AvgIpc) is 3.48. The quantitative estimate of drug-likeness (QED) is 0.256. The molecule has 0 amide bonds. The number of thioether (sulfide) groups is 1. The summed E-state index contributed by atoms with van der Waals surface area (Å²) in [6.07, 6.45) is -0.370. The van der Waals surface area contributed by atoms with Gasteiger partial charge in [0.25, 0.3) is 0 Å². The number of aromatic amines is 1. The Morgan fingerprint density at radius 3 is 2.60 bits per heavy atom. The molecule has 0 aliphatic carbocycles. The molecule has 3 heterocycles. The van der Waals surface area contributed by atoms with Crippen LogP contribution in [0.3, 0.4) is 0 Å². The number of rotatable bonds is 6. The first-order chi connectivity index (χ1) is 17.2. The van der Waals surface area contributed by atoms with Gasteiger partial charge in [-0.05, 0) is 23.8 Å². The van der Waals surface area contributed by atoms with Crippen molar-refractivity contribution in [1.29, 1.82) is 0 Å². The number of carbonyl (C=O) groups is 1. The van der Waals surface area contributed by atoms with Gasteiger partial charge in [0.05, 0.1) is 17.0 Å². The smallest absolute Gasteiger partial charge is 0.192 e. The molecule has 35 heavy (non-hydrogen) atoms. The minimum atomic E-state index is -0.370. The second kappa shape index (κ2) is 8.96. The summed E-state index contributed by atoms with van der Waals surface area (Å²) in [6.45, 7) is 0.350. The SMILES string of the molecule is Cn1c(SCC(=O)c2c(-c3ccccc3)[nH]c3ccccc23)nnc1C1COc2ccccc2O1. The standard InChI is InChI=1S/C27H22N4O3S/c1-31-26(23-15-33-21-13-7-8-14-22(21)34-23)29-30-27(31)35-16-20(32)24-18-11-5-6-12-19(18)28-25(24)17-9-3-2-4-10-17/h2-14,23,28H,15-16H2,1H3. The molecule has 1 aliphatic heterocycles. The lowest BCUT2D eigenvalue weighted by molar-refractivity contribution is 0.0825. The fourth-order valence-corrected chi connectivity index (χ4v) is 5.12. The average molecular weight is 483 g/mol. The lowest BCUT2D eigenvalue weighted by atomic mass is 10.0. The number of benzene rings is 3. The van der Waals surface area contributed by atoms with Gasteiger partial charge in [-0.1, -0.05) is 72.4 Å². The van der Waals surface area contributed by atoms with Crippen LogP contribution in [0, 0.1) is 0 Å². The summed E-state index contributed by atoms with van der Waals surface area (Å²) in [5.41, 5.74) is 3.45. The Labute approximate surface area is 206 Å². The number of ketones is 1. The predicted octanol–water partition coefficient (Wildman–Crippen LogP) is 5.45. The maximum absolute atomic E-state index is 13.5. The Morgan fingerprint density at radius 2 is 1.74 bits per heavy atom. The van der Waals surface area contributed by atoms with Crippen molar-refractivity contribution in [1.82, 2.24) is 19.7 Å². The highest BCUT2D eigenvalue weighted by Gasteiger charge is 2.28. The normalized spacial score (nSPS) is 14.8.